The number of likely N-dealkylation sites (tertiary alicyclic amines) is 1. The van der Waals surface area contributed by atoms with Crippen molar-refractivity contribution in [2.24, 2.45) is 0 Å². The zero-order valence-electron chi connectivity index (χ0n) is 16.4. The summed E-state index contributed by atoms with van der Waals surface area (Å²) >= 11 is 0. The number of nitrogens with one attached hydrogen (secondary N) is 2. The number of aliphatic carboxylic acids is 1. The SMILES string of the molecule is CC(C)NC(=O)c1ccc2c(c1)C1(CCN(C)CC1)C(=O)N2.O=C(O)C(F)(F)F. The van der Waals surface area contributed by atoms with E-state index in [0.29, 0.717) is 5.56 Å². The first-order valence-electron chi connectivity index (χ1n) is 9.12. The largest absolute Gasteiger partial charge is 0.490 e. The van der Waals surface area contributed by atoms with Gasteiger partial charge in [0.15, 0.2) is 0 Å². The molecule has 0 radical (unpaired) electrons. The van der Waals surface area contributed by atoms with Crippen LogP contribution in [0.4, 0.5) is 18.9 Å². The van der Waals surface area contributed by atoms with E-state index >= 15 is 0 Å². The summed E-state index contributed by atoms with van der Waals surface area (Å²) in [4.78, 5) is 35.9. The molecule has 2 amide bonds. The summed E-state index contributed by atoms with van der Waals surface area (Å²) in [5.41, 5.74) is 2.01. The summed E-state index contributed by atoms with van der Waals surface area (Å²) in [5, 5.41) is 13.0. The third-order valence-corrected chi connectivity index (χ3v) is 4.98. The Morgan fingerprint density at radius 1 is 1.24 bits per heavy atom. The van der Waals surface area contributed by atoms with Gasteiger partial charge in [-0.3, -0.25) is 9.59 Å². The highest BCUT2D eigenvalue weighted by atomic mass is 19.4. The van der Waals surface area contributed by atoms with Crippen LogP contribution in [0.1, 0.15) is 42.6 Å². The van der Waals surface area contributed by atoms with Crippen LogP contribution >= 0.6 is 0 Å². The van der Waals surface area contributed by atoms with Crippen LogP contribution in [0.15, 0.2) is 18.2 Å². The van der Waals surface area contributed by atoms with Gasteiger partial charge in [-0.25, -0.2) is 4.79 Å². The molecule has 3 rings (SSSR count). The number of nitrogens with zero attached hydrogens (tertiary/aromatic N) is 1. The number of benzene rings is 1. The molecule has 2 aliphatic heterocycles. The van der Waals surface area contributed by atoms with Crippen LogP contribution in [0.3, 0.4) is 0 Å². The zero-order valence-corrected chi connectivity index (χ0v) is 16.4. The Kier molecular flexibility index (Phi) is 6.56. The number of carboxylic acids is 1. The third kappa shape index (κ3) is 5.06. The van der Waals surface area contributed by atoms with Crippen LogP contribution in [0, 0.1) is 0 Å². The lowest BCUT2D eigenvalue weighted by Crippen LogP contribution is -2.45. The van der Waals surface area contributed by atoms with Crippen LogP contribution in [-0.4, -0.2) is 60.1 Å². The first-order valence-corrected chi connectivity index (χ1v) is 9.12. The summed E-state index contributed by atoms with van der Waals surface area (Å²) in [6.45, 7) is 5.67. The summed E-state index contributed by atoms with van der Waals surface area (Å²) in [5.74, 6) is -2.76. The molecule has 0 saturated carbocycles. The fourth-order valence-electron chi connectivity index (χ4n) is 3.40. The molecule has 10 heteroatoms. The average molecular weight is 415 g/mol. The number of alkyl halides is 3. The normalized spacial score (nSPS) is 18.0. The van der Waals surface area contributed by atoms with Gasteiger partial charge in [-0.05, 0) is 70.6 Å². The molecule has 160 valence electrons. The van der Waals surface area contributed by atoms with Crippen LogP contribution < -0.4 is 10.6 Å². The fraction of sp³-hybridized carbons (Fsp3) is 0.526. The number of hydrogen-bond acceptors (Lipinski definition) is 4. The number of piperidine rings is 1. The first-order chi connectivity index (χ1) is 13.4. The number of hydrogen-bond donors (Lipinski definition) is 3. The maximum absolute atomic E-state index is 12.5. The Bertz CT molecular complexity index is 800. The molecule has 2 heterocycles. The molecule has 1 aromatic carbocycles. The van der Waals surface area contributed by atoms with Gasteiger partial charge in [0.05, 0.1) is 5.41 Å². The molecule has 2 aliphatic rings. The quantitative estimate of drug-likeness (QED) is 0.689. The van der Waals surface area contributed by atoms with E-state index in [0.717, 1.165) is 37.2 Å². The van der Waals surface area contributed by atoms with E-state index in [1.807, 2.05) is 26.0 Å². The second-order valence-corrected chi connectivity index (χ2v) is 7.53. The zero-order chi connectivity index (χ0) is 22.0. The van der Waals surface area contributed by atoms with Gasteiger partial charge in [0.2, 0.25) is 5.91 Å². The van der Waals surface area contributed by atoms with Crippen molar-refractivity contribution in [2.75, 3.05) is 25.5 Å². The molecule has 3 N–H and O–H groups in total. The van der Waals surface area contributed by atoms with Gasteiger partial charge in [-0.15, -0.1) is 0 Å². The highest BCUT2D eigenvalue weighted by molar-refractivity contribution is 6.07. The van der Waals surface area contributed by atoms with Gasteiger partial charge in [0.25, 0.3) is 5.91 Å². The lowest BCUT2D eigenvalue weighted by Gasteiger charge is -2.36. The highest BCUT2D eigenvalue weighted by Crippen LogP contribution is 2.45. The Morgan fingerprint density at radius 3 is 2.28 bits per heavy atom. The van der Waals surface area contributed by atoms with Crippen LogP contribution in [-0.2, 0) is 15.0 Å². The molecule has 0 aromatic heterocycles. The number of fused-ring (bicyclic) bond motifs is 2. The Labute approximate surface area is 166 Å². The number of carboxylic acid groups (broad SMARTS) is 1. The van der Waals surface area contributed by atoms with Crippen molar-refractivity contribution in [2.45, 2.75) is 44.3 Å². The average Bonchev–Trinajstić information content (AvgIpc) is 2.88. The Balaban J connectivity index is 0.000000370. The lowest BCUT2D eigenvalue weighted by atomic mass is 9.73. The summed E-state index contributed by atoms with van der Waals surface area (Å²) in [7, 11) is 2.08. The number of anilines is 1. The highest BCUT2D eigenvalue weighted by Gasteiger charge is 2.48. The van der Waals surface area contributed by atoms with Gasteiger partial charge in [0.1, 0.15) is 0 Å². The number of carbonyl (C=O) groups excluding carboxylic acids is 2. The van der Waals surface area contributed by atoms with Crippen LogP contribution in [0.2, 0.25) is 0 Å². The number of rotatable bonds is 2. The number of amides is 2. The van der Waals surface area contributed by atoms with Gasteiger partial charge in [0, 0.05) is 17.3 Å². The van der Waals surface area contributed by atoms with Crippen molar-refractivity contribution in [1.82, 2.24) is 10.2 Å². The number of halogens is 3. The van der Waals surface area contributed by atoms with E-state index in [1.165, 1.54) is 0 Å². The molecule has 7 nitrogen and oxygen atoms in total. The topological polar surface area (TPSA) is 98.7 Å². The lowest BCUT2D eigenvalue weighted by molar-refractivity contribution is -0.192. The van der Waals surface area contributed by atoms with E-state index in [9.17, 15) is 22.8 Å². The predicted octanol–water partition coefficient (Wildman–Crippen LogP) is 2.37. The molecular formula is C19H24F3N3O4. The molecule has 29 heavy (non-hydrogen) atoms. The molecule has 0 aliphatic carbocycles. The van der Waals surface area contributed by atoms with E-state index < -0.39 is 17.6 Å². The molecule has 0 bridgehead atoms. The van der Waals surface area contributed by atoms with Crippen molar-refractivity contribution in [3.63, 3.8) is 0 Å². The predicted molar refractivity (Wildman–Crippen MR) is 99.8 cm³/mol. The Hall–Kier alpha value is -2.62. The molecular weight excluding hydrogens is 391 g/mol. The molecule has 0 unspecified atom stereocenters. The molecule has 0 atom stereocenters. The van der Waals surface area contributed by atoms with Crippen LogP contribution in [0.25, 0.3) is 0 Å². The van der Waals surface area contributed by atoms with Crippen molar-refractivity contribution < 1.29 is 32.7 Å². The molecule has 1 spiro atoms. The van der Waals surface area contributed by atoms with Gasteiger partial charge in [-0.2, -0.15) is 13.2 Å². The summed E-state index contributed by atoms with van der Waals surface area (Å²) in [6.07, 6.45) is -3.48. The Morgan fingerprint density at radius 2 is 1.79 bits per heavy atom. The second-order valence-electron chi connectivity index (χ2n) is 7.53. The van der Waals surface area contributed by atoms with Crippen LogP contribution in [0.5, 0.6) is 0 Å². The third-order valence-electron chi connectivity index (χ3n) is 4.98. The van der Waals surface area contributed by atoms with Crippen molar-refractivity contribution >= 4 is 23.5 Å². The standard InChI is InChI=1S/C17H23N3O2.C2HF3O2/c1-11(2)18-15(21)12-4-5-14-13(10-12)17(16(22)19-14)6-8-20(3)9-7-17;3-2(4,5)1(6)7/h4-5,10-11H,6-9H2,1-3H3,(H,18,21)(H,19,22);(H,6,7). The second kappa shape index (κ2) is 8.40. The monoisotopic (exact) mass is 415 g/mol. The summed E-state index contributed by atoms with van der Waals surface area (Å²) in [6, 6.07) is 5.63. The molecule has 1 saturated heterocycles. The van der Waals surface area contributed by atoms with E-state index in [4.69, 9.17) is 9.90 Å². The van der Waals surface area contributed by atoms with E-state index in [1.54, 1.807) is 6.07 Å². The fourth-order valence-corrected chi connectivity index (χ4v) is 3.40. The van der Waals surface area contributed by atoms with Gasteiger partial charge >= 0.3 is 12.1 Å². The molecule has 1 aromatic rings. The minimum Gasteiger partial charge on any atom is -0.475 e. The smallest absolute Gasteiger partial charge is 0.475 e. The minimum atomic E-state index is -5.08. The van der Waals surface area contributed by atoms with Crippen molar-refractivity contribution in [3.05, 3.63) is 29.3 Å². The maximum Gasteiger partial charge on any atom is 0.490 e. The minimum absolute atomic E-state index is 0.0806. The van der Waals surface area contributed by atoms with E-state index in [-0.39, 0.29) is 17.9 Å². The first kappa shape index (κ1) is 22.7. The maximum atomic E-state index is 12.5. The molecule has 1 fully saturated rings. The summed E-state index contributed by atoms with van der Waals surface area (Å²) < 4.78 is 31.7. The van der Waals surface area contributed by atoms with Gasteiger partial charge < -0.3 is 20.6 Å². The number of carbonyl (C=O) groups is 3. The van der Waals surface area contributed by atoms with E-state index in [2.05, 4.69) is 22.6 Å². The van der Waals surface area contributed by atoms with Gasteiger partial charge in [-0.1, -0.05) is 0 Å². The van der Waals surface area contributed by atoms with Crippen molar-refractivity contribution in [1.29, 1.82) is 0 Å². The van der Waals surface area contributed by atoms with Crippen molar-refractivity contribution in [3.8, 4) is 0 Å².